The van der Waals surface area contributed by atoms with Crippen molar-refractivity contribution in [3.63, 3.8) is 0 Å². The fourth-order valence-corrected chi connectivity index (χ4v) is 3.70. The van der Waals surface area contributed by atoms with E-state index in [1.807, 2.05) is 12.1 Å². The number of anilines is 1. The summed E-state index contributed by atoms with van der Waals surface area (Å²) in [5.74, 6) is 0.407. The SMILES string of the molecule is Cn1ncc2cccc(NS(=O)(=O)c3ccc(-n4cc(C#N)cn4)nc3)c21. The predicted octanol–water partition coefficient (Wildman–Crippen LogP) is 1.83. The molecule has 0 amide bonds. The monoisotopic (exact) mass is 379 g/mol. The van der Waals surface area contributed by atoms with Gasteiger partial charge < -0.3 is 0 Å². The Balaban J connectivity index is 1.66. The van der Waals surface area contributed by atoms with E-state index in [9.17, 15) is 8.42 Å². The van der Waals surface area contributed by atoms with Gasteiger partial charge in [-0.25, -0.2) is 18.1 Å². The van der Waals surface area contributed by atoms with Crippen LogP contribution in [0.1, 0.15) is 5.56 Å². The summed E-state index contributed by atoms with van der Waals surface area (Å²) in [4.78, 5) is 4.14. The normalized spacial score (nSPS) is 11.4. The first-order valence-corrected chi connectivity index (χ1v) is 9.31. The molecule has 0 atom stereocenters. The number of sulfonamides is 1. The van der Waals surface area contributed by atoms with E-state index in [0.717, 1.165) is 5.39 Å². The molecule has 0 aliphatic carbocycles. The number of hydrogen-bond acceptors (Lipinski definition) is 6. The smallest absolute Gasteiger partial charge is 0.263 e. The summed E-state index contributed by atoms with van der Waals surface area (Å²) < 4.78 is 31.1. The summed E-state index contributed by atoms with van der Waals surface area (Å²) in [6.45, 7) is 0. The number of para-hydroxylation sites is 1. The molecule has 0 aliphatic heterocycles. The molecular weight excluding hydrogens is 366 g/mol. The maximum Gasteiger partial charge on any atom is 0.263 e. The molecule has 0 bridgehead atoms. The highest BCUT2D eigenvalue weighted by atomic mass is 32.2. The Labute approximate surface area is 154 Å². The van der Waals surface area contributed by atoms with Gasteiger partial charge in [0, 0.05) is 18.6 Å². The molecule has 9 nitrogen and oxygen atoms in total. The van der Waals surface area contributed by atoms with Gasteiger partial charge in [-0.2, -0.15) is 15.5 Å². The summed E-state index contributed by atoms with van der Waals surface area (Å²) in [5.41, 5.74) is 1.51. The van der Waals surface area contributed by atoms with Crippen molar-refractivity contribution in [2.75, 3.05) is 4.72 Å². The number of hydrogen-bond donors (Lipinski definition) is 1. The number of nitrogens with one attached hydrogen (secondary N) is 1. The van der Waals surface area contributed by atoms with Gasteiger partial charge in [0.15, 0.2) is 5.82 Å². The van der Waals surface area contributed by atoms with E-state index in [0.29, 0.717) is 22.6 Å². The zero-order valence-electron chi connectivity index (χ0n) is 14.1. The molecule has 0 saturated heterocycles. The summed E-state index contributed by atoms with van der Waals surface area (Å²) in [6.07, 6.45) is 5.83. The Kier molecular flexibility index (Phi) is 3.86. The Morgan fingerprint density at radius 1 is 1.11 bits per heavy atom. The van der Waals surface area contributed by atoms with Crippen LogP contribution in [0.5, 0.6) is 0 Å². The van der Waals surface area contributed by atoms with Crippen LogP contribution in [0, 0.1) is 11.3 Å². The molecule has 27 heavy (non-hydrogen) atoms. The highest BCUT2D eigenvalue weighted by Gasteiger charge is 2.17. The number of pyridine rings is 1. The number of benzene rings is 1. The quantitative estimate of drug-likeness (QED) is 0.578. The number of nitrogens with zero attached hydrogens (tertiary/aromatic N) is 6. The van der Waals surface area contributed by atoms with Crippen molar-refractivity contribution >= 4 is 26.6 Å². The molecule has 3 heterocycles. The van der Waals surface area contributed by atoms with Crippen LogP contribution in [0.3, 0.4) is 0 Å². The van der Waals surface area contributed by atoms with E-state index in [-0.39, 0.29) is 4.90 Å². The van der Waals surface area contributed by atoms with Gasteiger partial charge in [-0.15, -0.1) is 0 Å². The van der Waals surface area contributed by atoms with E-state index in [1.165, 1.54) is 35.4 Å². The Bertz CT molecular complexity index is 1280. The lowest BCUT2D eigenvalue weighted by Gasteiger charge is -2.10. The van der Waals surface area contributed by atoms with Gasteiger partial charge in [0.2, 0.25) is 0 Å². The molecular formula is C17H13N7O2S. The molecule has 0 saturated carbocycles. The maximum absolute atomic E-state index is 12.7. The van der Waals surface area contributed by atoms with Crippen molar-refractivity contribution in [2.45, 2.75) is 4.90 Å². The van der Waals surface area contributed by atoms with Crippen LogP contribution in [0.15, 0.2) is 60.0 Å². The van der Waals surface area contributed by atoms with Crippen molar-refractivity contribution in [2.24, 2.45) is 7.05 Å². The fraction of sp³-hybridized carbons (Fsp3) is 0.0588. The molecule has 1 N–H and O–H groups in total. The highest BCUT2D eigenvalue weighted by Crippen LogP contribution is 2.25. The van der Waals surface area contributed by atoms with E-state index in [1.54, 1.807) is 30.1 Å². The van der Waals surface area contributed by atoms with Crippen LogP contribution < -0.4 is 4.72 Å². The van der Waals surface area contributed by atoms with Crippen molar-refractivity contribution in [1.82, 2.24) is 24.5 Å². The lowest BCUT2D eigenvalue weighted by molar-refractivity contribution is 0.600. The number of rotatable bonds is 4. The number of aromatic nitrogens is 5. The number of fused-ring (bicyclic) bond motifs is 1. The molecule has 1 aromatic carbocycles. The molecule has 0 aliphatic rings. The van der Waals surface area contributed by atoms with Crippen LogP contribution >= 0.6 is 0 Å². The summed E-state index contributed by atoms with van der Waals surface area (Å²) in [7, 11) is -2.09. The minimum Gasteiger partial charge on any atom is -0.277 e. The number of nitriles is 1. The van der Waals surface area contributed by atoms with Crippen LogP contribution in [0.25, 0.3) is 16.7 Å². The fourth-order valence-electron chi connectivity index (χ4n) is 2.69. The Morgan fingerprint density at radius 2 is 1.96 bits per heavy atom. The highest BCUT2D eigenvalue weighted by molar-refractivity contribution is 7.92. The summed E-state index contributed by atoms with van der Waals surface area (Å²) >= 11 is 0. The Hall–Kier alpha value is -3.71. The summed E-state index contributed by atoms with van der Waals surface area (Å²) in [6, 6.07) is 10.2. The molecule has 10 heteroatoms. The van der Waals surface area contributed by atoms with Crippen LogP contribution in [-0.4, -0.2) is 33.0 Å². The first-order chi connectivity index (χ1) is 13.0. The largest absolute Gasteiger partial charge is 0.277 e. The van der Waals surface area contributed by atoms with Crippen LogP contribution in [0.2, 0.25) is 0 Å². The van der Waals surface area contributed by atoms with Crippen molar-refractivity contribution in [3.8, 4) is 11.9 Å². The molecule has 4 aromatic rings. The lowest BCUT2D eigenvalue weighted by Crippen LogP contribution is -2.14. The van der Waals surface area contributed by atoms with Crippen LogP contribution in [0.4, 0.5) is 5.69 Å². The van der Waals surface area contributed by atoms with Crippen molar-refractivity contribution in [1.29, 1.82) is 5.26 Å². The number of aryl methyl sites for hydroxylation is 1. The van der Waals surface area contributed by atoms with Gasteiger partial charge in [0.25, 0.3) is 10.0 Å². The van der Waals surface area contributed by atoms with Crippen molar-refractivity contribution < 1.29 is 8.42 Å². The minimum absolute atomic E-state index is 0.0121. The zero-order chi connectivity index (χ0) is 19.0. The third kappa shape index (κ3) is 3.00. The third-order valence-electron chi connectivity index (χ3n) is 3.98. The Morgan fingerprint density at radius 3 is 2.67 bits per heavy atom. The zero-order valence-corrected chi connectivity index (χ0v) is 14.9. The molecule has 134 valence electrons. The van der Waals surface area contributed by atoms with Gasteiger partial charge in [-0.3, -0.25) is 9.40 Å². The average molecular weight is 379 g/mol. The van der Waals surface area contributed by atoms with E-state index in [4.69, 9.17) is 5.26 Å². The second kappa shape index (κ2) is 6.22. The molecule has 0 radical (unpaired) electrons. The molecule has 0 fully saturated rings. The second-order valence-electron chi connectivity index (χ2n) is 5.75. The van der Waals surface area contributed by atoms with Gasteiger partial charge in [0.1, 0.15) is 11.0 Å². The topological polar surface area (TPSA) is 118 Å². The molecule has 4 rings (SSSR count). The van der Waals surface area contributed by atoms with E-state index < -0.39 is 10.0 Å². The second-order valence-corrected chi connectivity index (χ2v) is 7.44. The predicted molar refractivity (Wildman–Crippen MR) is 97.6 cm³/mol. The summed E-state index contributed by atoms with van der Waals surface area (Å²) in [5, 5.41) is 17.8. The molecule has 3 aromatic heterocycles. The minimum atomic E-state index is -3.83. The lowest BCUT2D eigenvalue weighted by atomic mass is 10.2. The van der Waals surface area contributed by atoms with E-state index in [2.05, 4.69) is 19.9 Å². The standard InChI is InChI=1S/C17H13N7O2S/c1-23-17-13(9-20-23)3-2-4-15(17)22-27(25,26)14-5-6-16(19-10-14)24-11-12(7-18)8-21-24/h2-6,8-11,22H,1H3. The van der Waals surface area contributed by atoms with Gasteiger partial charge >= 0.3 is 0 Å². The average Bonchev–Trinajstić information content (AvgIpc) is 3.29. The molecule has 0 spiro atoms. The molecule has 0 unspecified atom stereocenters. The first-order valence-electron chi connectivity index (χ1n) is 7.83. The van der Waals surface area contributed by atoms with Gasteiger partial charge in [-0.1, -0.05) is 12.1 Å². The van der Waals surface area contributed by atoms with Gasteiger partial charge in [-0.05, 0) is 18.2 Å². The first kappa shape index (κ1) is 16.7. The third-order valence-corrected chi connectivity index (χ3v) is 5.33. The van der Waals surface area contributed by atoms with Crippen LogP contribution in [-0.2, 0) is 17.1 Å². The van der Waals surface area contributed by atoms with Crippen molar-refractivity contribution in [3.05, 3.63) is 60.7 Å². The maximum atomic E-state index is 12.7. The van der Waals surface area contributed by atoms with E-state index >= 15 is 0 Å². The van der Waals surface area contributed by atoms with Gasteiger partial charge in [0.05, 0.1) is 35.4 Å².